The highest BCUT2D eigenvalue weighted by molar-refractivity contribution is 7.99. The number of rotatable bonds is 0. The van der Waals surface area contributed by atoms with Gasteiger partial charge in [-0.25, -0.2) is 0 Å². The quantitative estimate of drug-likeness (QED) is 0.531. The summed E-state index contributed by atoms with van der Waals surface area (Å²) in [4.78, 5) is 2.70. The maximum absolute atomic E-state index is 3.01. The molecular weight excluding hydrogens is 188 g/mol. The van der Waals surface area contributed by atoms with Gasteiger partial charge in [-0.05, 0) is 23.3 Å². The van der Waals surface area contributed by atoms with Crippen LogP contribution >= 0.6 is 11.8 Å². The van der Waals surface area contributed by atoms with E-state index in [9.17, 15) is 0 Å². The van der Waals surface area contributed by atoms with Gasteiger partial charge in [0.05, 0.1) is 0 Å². The highest BCUT2D eigenvalue weighted by atomic mass is 32.2. The Morgan fingerprint density at radius 3 is 2.79 bits per heavy atom. The zero-order valence-electron chi connectivity index (χ0n) is 7.58. The van der Waals surface area contributed by atoms with E-state index in [0.717, 1.165) is 6.42 Å². The molecule has 0 aliphatic carbocycles. The molecule has 2 aromatic rings. The van der Waals surface area contributed by atoms with Crippen LogP contribution in [0.5, 0.6) is 0 Å². The Morgan fingerprint density at radius 2 is 1.79 bits per heavy atom. The fraction of sp³-hybridized carbons (Fsp3) is 0.0769. The van der Waals surface area contributed by atoms with E-state index < -0.39 is 0 Å². The predicted molar refractivity (Wildman–Crippen MR) is 57.5 cm³/mol. The second-order valence-corrected chi connectivity index (χ2v) is 4.44. The first kappa shape index (κ1) is 7.96. The second-order valence-electron chi connectivity index (χ2n) is 3.35. The van der Waals surface area contributed by atoms with Crippen LogP contribution in [0.3, 0.4) is 0 Å². The van der Waals surface area contributed by atoms with Crippen LogP contribution in [0, 0.1) is 12.1 Å². The molecule has 14 heavy (non-hydrogen) atoms. The first-order valence-electron chi connectivity index (χ1n) is 4.60. The lowest BCUT2D eigenvalue weighted by atomic mass is 10.1. The van der Waals surface area contributed by atoms with Gasteiger partial charge in [-0.2, -0.15) is 0 Å². The third-order valence-electron chi connectivity index (χ3n) is 2.42. The van der Waals surface area contributed by atoms with E-state index in [0.29, 0.717) is 0 Å². The fourth-order valence-corrected chi connectivity index (χ4v) is 2.74. The number of benzene rings is 1. The van der Waals surface area contributed by atoms with Gasteiger partial charge in [0.2, 0.25) is 0 Å². The summed E-state index contributed by atoms with van der Waals surface area (Å²) in [6.45, 7) is 0. The number of hydrogen-bond acceptors (Lipinski definition) is 1. The van der Waals surface area contributed by atoms with Gasteiger partial charge in [-0.3, -0.25) is 0 Å². The summed E-state index contributed by atoms with van der Waals surface area (Å²) in [5, 5.41) is 0. The van der Waals surface area contributed by atoms with E-state index in [1.165, 1.54) is 20.9 Å². The van der Waals surface area contributed by atoms with Gasteiger partial charge >= 0.3 is 0 Å². The van der Waals surface area contributed by atoms with Gasteiger partial charge in [0.25, 0.3) is 0 Å². The molecule has 0 amide bonds. The summed E-state index contributed by atoms with van der Waals surface area (Å²) < 4.78 is 0. The summed E-state index contributed by atoms with van der Waals surface area (Å²) in [5.41, 5.74) is 2.79. The first-order chi connectivity index (χ1) is 6.93. The molecule has 66 valence electrons. The summed E-state index contributed by atoms with van der Waals surface area (Å²) in [6.07, 6.45) is 1.03. The van der Waals surface area contributed by atoms with Crippen molar-refractivity contribution in [2.45, 2.75) is 16.2 Å². The van der Waals surface area contributed by atoms with Crippen LogP contribution in [0.4, 0.5) is 0 Å². The van der Waals surface area contributed by atoms with Crippen molar-refractivity contribution in [1.29, 1.82) is 0 Å². The maximum Gasteiger partial charge on any atom is 0.0247 e. The molecule has 0 aromatic heterocycles. The molecule has 1 aliphatic rings. The molecule has 0 spiro atoms. The van der Waals surface area contributed by atoms with Gasteiger partial charge < -0.3 is 0 Å². The molecule has 1 aliphatic heterocycles. The molecule has 1 heteroatoms. The average Bonchev–Trinajstić information content (AvgIpc) is 2.26. The average molecular weight is 196 g/mol. The molecule has 0 atom stereocenters. The smallest absolute Gasteiger partial charge is 0.0247 e. The summed E-state index contributed by atoms with van der Waals surface area (Å²) in [6, 6.07) is 18.7. The van der Waals surface area contributed by atoms with Crippen molar-refractivity contribution in [3.05, 3.63) is 59.7 Å². The molecular formula is C13H8S. The fourth-order valence-electron chi connectivity index (χ4n) is 1.71. The first-order valence-corrected chi connectivity index (χ1v) is 5.41. The van der Waals surface area contributed by atoms with E-state index in [1.807, 2.05) is 23.9 Å². The van der Waals surface area contributed by atoms with Crippen molar-refractivity contribution in [2.24, 2.45) is 0 Å². The number of fused-ring (bicyclic) bond motifs is 2. The minimum atomic E-state index is 1.03. The van der Waals surface area contributed by atoms with E-state index in [2.05, 4.69) is 36.4 Å². The van der Waals surface area contributed by atoms with Crippen molar-refractivity contribution in [1.82, 2.24) is 0 Å². The Labute approximate surface area is 88.0 Å². The van der Waals surface area contributed by atoms with Crippen molar-refractivity contribution < 1.29 is 0 Å². The van der Waals surface area contributed by atoms with Crippen LogP contribution in [0.2, 0.25) is 0 Å². The highest BCUT2D eigenvalue weighted by Crippen LogP contribution is 2.38. The highest BCUT2D eigenvalue weighted by Gasteiger charge is 2.13. The van der Waals surface area contributed by atoms with Crippen LogP contribution in [-0.2, 0) is 6.42 Å². The Balaban J connectivity index is 2.12. The molecule has 0 bridgehead atoms. The predicted octanol–water partition coefficient (Wildman–Crippen LogP) is 3.34. The van der Waals surface area contributed by atoms with Crippen LogP contribution in [0.15, 0.2) is 46.2 Å². The Hall–Kier alpha value is -1.39. The normalized spacial score (nSPS) is 12.6. The van der Waals surface area contributed by atoms with Crippen molar-refractivity contribution in [3.8, 4) is 0 Å². The standard InChI is InChI=1S/C13H8S/c1-3-7-12-10(5-1)9-11-6-2-4-8-13(11)14-12/h1,3,5-8H,9H2. The van der Waals surface area contributed by atoms with E-state index in [-0.39, 0.29) is 0 Å². The molecule has 3 rings (SSSR count). The lowest BCUT2D eigenvalue weighted by molar-refractivity contribution is 1.06. The molecule has 2 aromatic carbocycles. The molecule has 0 fully saturated rings. The zero-order valence-corrected chi connectivity index (χ0v) is 8.40. The topological polar surface area (TPSA) is 0 Å². The van der Waals surface area contributed by atoms with Crippen LogP contribution in [0.25, 0.3) is 0 Å². The maximum atomic E-state index is 3.01. The third-order valence-corrected chi connectivity index (χ3v) is 3.64. The largest absolute Gasteiger partial charge is 0.0888 e. The third kappa shape index (κ3) is 1.20. The summed E-state index contributed by atoms with van der Waals surface area (Å²) >= 11 is 1.83. The Bertz CT molecular complexity index is 387. The minimum Gasteiger partial charge on any atom is -0.0888 e. The zero-order chi connectivity index (χ0) is 9.38. The van der Waals surface area contributed by atoms with Gasteiger partial charge in [-0.15, -0.1) is 0 Å². The molecule has 0 saturated carbocycles. The van der Waals surface area contributed by atoms with Crippen molar-refractivity contribution >= 4 is 11.8 Å². The number of hydrogen-bond donors (Lipinski definition) is 0. The molecule has 0 N–H and O–H groups in total. The Kier molecular flexibility index (Phi) is 1.75. The van der Waals surface area contributed by atoms with Gasteiger partial charge in [0, 0.05) is 22.3 Å². The molecule has 0 saturated heterocycles. The van der Waals surface area contributed by atoms with Crippen LogP contribution in [-0.4, -0.2) is 0 Å². The van der Waals surface area contributed by atoms with Crippen molar-refractivity contribution in [3.63, 3.8) is 0 Å². The Morgan fingerprint density at radius 1 is 0.929 bits per heavy atom. The van der Waals surface area contributed by atoms with E-state index >= 15 is 0 Å². The van der Waals surface area contributed by atoms with Gasteiger partial charge in [0.1, 0.15) is 0 Å². The van der Waals surface area contributed by atoms with Crippen LogP contribution < -0.4 is 0 Å². The molecule has 0 unspecified atom stereocenters. The monoisotopic (exact) mass is 196 g/mol. The molecule has 0 nitrogen and oxygen atoms in total. The summed E-state index contributed by atoms with van der Waals surface area (Å²) in [5.74, 6) is 0. The minimum absolute atomic E-state index is 1.03. The second kappa shape index (κ2) is 3.08. The summed E-state index contributed by atoms with van der Waals surface area (Å²) in [7, 11) is 0. The lowest BCUT2D eigenvalue weighted by Gasteiger charge is -2.16. The molecule has 0 radical (unpaired) electrons. The van der Waals surface area contributed by atoms with E-state index in [1.54, 1.807) is 0 Å². The molecule has 1 heterocycles. The van der Waals surface area contributed by atoms with Gasteiger partial charge in [0.15, 0.2) is 0 Å². The van der Waals surface area contributed by atoms with Crippen molar-refractivity contribution in [2.75, 3.05) is 0 Å². The van der Waals surface area contributed by atoms with Crippen LogP contribution in [0.1, 0.15) is 11.1 Å². The van der Waals surface area contributed by atoms with Gasteiger partial charge in [-0.1, -0.05) is 42.1 Å². The lowest BCUT2D eigenvalue weighted by Crippen LogP contribution is -1.97. The SMILES string of the molecule is c1cc2c(cc#1)Sc1ccccc1C2. The van der Waals surface area contributed by atoms with E-state index in [4.69, 9.17) is 0 Å².